The molecule has 1 aromatic carbocycles. The SMILES string of the molecule is CC(N)Cc1ncc(-c2cc(Br)ccc2F)[nH]1. The summed E-state index contributed by atoms with van der Waals surface area (Å²) in [6.07, 6.45) is 2.28. The fourth-order valence-electron chi connectivity index (χ4n) is 1.61. The van der Waals surface area contributed by atoms with Gasteiger partial charge >= 0.3 is 0 Å². The molecular formula is C12H13BrFN3. The van der Waals surface area contributed by atoms with Crippen molar-refractivity contribution in [2.24, 2.45) is 5.73 Å². The lowest BCUT2D eigenvalue weighted by atomic mass is 10.1. The van der Waals surface area contributed by atoms with Crippen molar-refractivity contribution in [3.63, 3.8) is 0 Å². The van der Waals surface area contributed by atoms with Gasteiger partial charge in [-0.2, -0.15) is 0 Å². The third-order valence-corrected chi connectivity index (χ3v) is 2.86. The highest BCUT2D eigenvalue weighted by Crippen LogP contribution is 2.24. The first-order valence-corrected chi connectivity index (χ1v) is 6.10. The lowest BCUT2D eigenvalue weighted by Gasteiger charge is -2.02. The van der Waals surface area contributed by atoms with Crippen LogP contribution in [0.15, 0.2) is 28.9 Å². The van der Waals surface area contributed by atoms with Crippen LogP contribution in [0.1, 0.15) is 12.7 Å². The largest absolute Gasteiger partial charge is 0.342 e. The van der Waals surface area contributed by atoms with Crippen molar-refractivity contribution in [2.75, 3.05) is 0 Å². The zero-order chi connectivity index (χ0) is 12.4. The van der Waals surface area contributed by atoms with Crippen molar-refractivity contribution in [1.29, 1.82) is 0 Å². The Morgan fingerprint density at radius 1 is 1.53 bits per heavy atom. The third kappa shape index (κ3) is 2.92. The summed E-state index contributed by atoms with van der Waals surface area (Å²) in [4.78, 5) is 7.26. The van der Waals surface area contributed by atoms with Gasteiger partial charge < -0.3 is 10.7 Å². The van der Waals surface area contributed by atoms with Gasteiger partial charge in [-0.1, -0.05) is 15.9 Å². The monoisotopic (exact) mass is 297 g/mol. The lowest BCUT2D eigenvalue weighted by molar-refractivity contribution is 0.630. The molecule has 2 rings (SSSR count). The van der Waals surface area contributed by atoms with Crippen LogP contribution in [0, 0.1) is 5.82 Å². The Morgan fingerprint density at radius 2 is 2.29 bits per heavy atom. The van der Waals surface area contributed by atoms with Gasteiger partial charge in [-0.05, 0) is 25.1 Å². The molecule has 3 N–H and O–H groups in total. The second-order valence-electron chi connectivity index (χ2n) is 4.05. The topological polar surface area (TPSA) is 54.7 Å². The maximum Gasteiger partial charge on any atom is 0.132 e. The molecule has 1 unspecified atom stereocenters. The van der Waals surface area contributed by atoms with Crippen molar-refractivity contribution in [3.05, 3.63) is 40.5 Å². The number of nitrogens with two attached hydrogens (primary N) is 1. The highest BCUT2D eigenvalue weighted by molar-refractivity contribution is 9.10. The van der Waals surface area contributed by atoms with Crippen LogP contribution in [0.2, 0.25) is 0 Å². The fourth-order valence-corrected chi connectivity index (χ4v) is 1.97. The van der Waals surface area contributed by atoms with Gasteiger partial charge in [-0.3, -0.25) is 0 Å². The molecule has 0 aliphatic carbocycles. The van der Waals surface area contributed by atoms with Crippen LogP contribution in [0.5, 0.6) is 0 Å². The Hall–Kier alpha value is -1.20. The minimum absolute atomic E-state index is 0.0290. The molecule has 2 aromatic rings. The summed E-state index contributed by atoms with van der Waals surface area (Å²) >= 11 is 3.32. The molecule has 0 bridgehead atoms. The van der Waals surface area contributed by atoms with E-state index in [4.69, 9.17) is 5.73 Å². The molecule has 5 heteroatoms. The average Bonchev–Trinajstić information content (AvgIpc) is 2.69. The van der Waals surface area contributed by atoms with Crippen LogP contribution in [-0.4, -0.2) is 16.0 Å². The standard InChI is InChI=1S/C12H13BrFN3/c1-7(15)4-12-16-6-11(17-12)9-5-8(13)2-3-10(9)14/h2-3,5-7H,4,15H2,1H3,(H,16,17). The summed E-state index contributed by atoms with van der Waals surface area (Å²) in [5.41, 5.74) is 6.85. The van der Waals surface area contributed by atoms with Crippen molar-refractivity contribution in [2.45, 2.75) is 19.4 Å². The number of nitrogens with one attached hydrogen (secondary N) is 1. The molecule has 17 heavy (non-hydrogen) atoms. The molecule has 0 amide bonds. The smallest absolute Gasteiger partial charge is 0.132 e. The highest BCUT2D eigenvalue weighted by Gasteiger charge is 2.09. The Balaban J connectivity index is 2.33. The molecule has 0 spiro atoms. The van der Waals surface area contributed by atoms with Gasteiger partial charge in [-0.25, -0.2) is 9.37 Å². The molecule has 0 saturated carbocycles. The Bertz CT molecular complexity index is 522. The predicted molar refractivity (Wildman–Crippen MR) is 69.0 cm³/mol. The van der Waals surface area contributed by atoms with E-state index in [0.717, 1.165) is 10.3 Å². The van der Waals surface area contributed by atoms with Gasteiger partial charge in [-0.15, -0.1) is 0 Å². The lowest BCUT2D eigenvalue weighted by Crippen LogP contribution is -2.18. The number of nitrogens with zero attached hydrogens (tertiary/aromatic N) is 1. The predicted octanol–water partition coefficient (Wildman–Crippen LogP) is 2.87. The molecule has 1 atom stereocenters. The molecule has 0 aliphatic heterocycles. The van der Waals surface area contributed by atoms with Gasteiger partial charge in [0.2, 0.25) is 0 Å². The van der Waals surface area contributed by atoms with Crippen molar-refractivity contribution in [1.82, 2.24) is 9.97 Å². The second kappa shape index (κ2) is 4.98. The number of H-pyrrole nitrogens is 1. The van der Waals surface area contributed by atoms with E-state index in [2.05, 4.69) is 25.9 Å². The number of aromatic amines is 1. The molecule has 1 aromatic heterocycles. The number of aromatic nitrogens is 2. The van der Waals surface area contributed by atoms with E-state index in [-0.39, 0.29) is 11.9 Å². The highest BCUT2D eigenvalue weighted by atomic mass is 79.9. The summed E-state index contributed by atoms with van der Waals surface area (Å²) in [6.45, 7) is 1.90. The summed E-state index contributed by atoms with van der Waals surface area (Å²) in [6, 6.07) is 4.84. The van der Waals surface area contributed by atoms with Crippen LogP contribution in [0.4, 0.5) is 4.39 Å². The Kier molecular flexibility index (Phi) is 3.59. The van der Waals surface area contributed by atoms with E-state index in [0.29, 0.717) is 17.7 Å². The van der Waals surface area contributed by atoms with Gasteiger partial charge in [0.1, 0.15) is 11.6 Å². The quantitative estimate of drug-likeness (QED) is 0.915. The number of halogens is 2. The van der Waals surface area contributed by atoms with Gasteiger partial charge in [0.15, 0.2) is 0 Å². The molecular weight excluding hydrogens is 285 g/mol. The van der Waals surface area contributed by atoms with Crippen molar-refractivity contribution in [3.8, 4) is 11.3 Å². The van der Waals surface area contributed by atoms with Gasteiger partial charge in [0.05, 0.1) is 11.9 Å². The van der Waals surface area contributed by atoms with Crippen LogP contribution in [0.25, 0.3) is 11.3 Å². The number of hydrogen-bond donors (Lipinski definition) is 2. The van der Waals surface area contributed by atoms with Crippen molar-refractivity contribution < 1.29 is 4.39 Å². The van der Waals surface area contributed by atoms with Gasteiger partial charge in [0, 0.05) is 22.5 Å². The zero-order valence-corrected chi connectivity index (χ0v) is 11.0. The van der Waals surface area contributed by atoms with Crippen LogP contribution in [-0.2, 0) is 6.42 Å². The van der Waals surface area contributed by atoms with Gasteiger partial charge in [0.25, 0.3) is 0 Å². The maximum absolute atomic E-state index is 13.6. The molecule has 3 nitrogen and oxygen atoms in total. The van der Waals surface area contributed by atoms with E-state index in [1.165, 1.54) is 6.07 Å². The fraction of sp³-hybridized carbons (Fsp3) is 0.250. The molecule has 0 saturated heterocycles. The third-order valence-electron chi connectivity index (χ3n) is 2.36. The van der Waals surface area contributed by atoms with E-state index >= 15 is 0 Å². The van der Waals surface area contributed by atoms with E-state index in [1.807, 2.05) is 6.92 Å². The Morgan fingerprint density at radius 3 is 3.00 bits per heavy atom. The van der Waals surface area contributed by atoms with Crippen LogP contribution >= 0.6 is 15.9 Å². The maximum atomic E-state index is 13.6. The number of benzene rings is 1. The number of rotatable bonds is 3. The van der Waals surface area contributed by atoms with Crippen LogP contribution in [0.3, 0.4) is 0 Å². The molecule has 0 aliphatic rings. The Labute approximate surface area is 107 Å². The molecule has 90 valence electrons. The van der Waals surface area contributed by atoms with Crippen LogP contribution < -0.4 is 5.73 Å². The van der Waals surface area contributed by atoms with Crippen molar-refractivity contribution >= 4 is 15.9 Å². The zero-order valence-electron chi connectivity index (χ0n) is 9.37. The first-order chi connectivity index (χ1) is 8.06. The second-order valence-corrected chi connectivity index (χ2v) is 4.96. The summed E-state index contributed by atoms with van der Waals surface area (Å²) in [5, 5.41) is 0. The first kappa shape index (κ1) is 12.3. The minimum Gasteiger partial charge on any atom is -0.342 e. The first-order valence-electron chi connectivity index (χ1n) is 5.31. The van der Waals surface area contributed by atoms with E-state index in [9.17, 15) is 4.39 Å². The summed E-state index contributed by atoms with van der Waals surface area (Å²) in [5.74, 6) is 0.499. The summed E-state index contributed by atoms with van der Waals surface area (Å²) < 4.78 is 14.5. The van der Waals surface area contributed by atoms with E-state index in [1.54, 1.807) is 18.3 Å². The minimum atomic E-state index is -0.274. The summed E-state index contributed by atoms with van der Waals surface area (Å²) in [7, 11) is 0. The van der Waals surface area contributed by atoms with E-state index < -0.39 is 0 Å². The number of imidazole rings is 1. The average molecular weight is 298 g/mol. The normalized spacial score (nSPS) is 12.7. The number of hydrogen-bond acceptors (Lipinski definition) is 2. The molecule has 1 heterocycles. The molecule has 0 radical (unpaired) electrons. The molecule has 0 fully saturated rings.